The molecule has 0 fully saturated rings. The Bertz CT molecular complexity index is 156. The molecule has 4 heteroatoms. The van der Waals surface area contributed by atoms with Crippen molar-refractivity contribution in [1.29, 1.82) is 0 Å². The number of hydrogen-bond acceptors (Lipinski definition) is 4. The summed E-state index contributed by atoms with van der Waals surface area (Å²) in [5.74, 6) is 0. The zero-order valence-corrected chi connectivity index (χ0v) is 11.8. The SMILES string of the molecule is CCOCCCNCC(C)OC(C)COCC. The molecule has 0 heterocycles. The molecular weight excluding hydrogens is 218 g/mol. The van der Waals surface area contributed by atoms with Crippen molar-refractivity contribution in [3.63, 3.8) is 0 Å². The van der Waals surface area contributed by atoms with E-state index in [-0.39, 0.29) is 12.2 Å². The number of rotatable bonds is 12. The van der Waals surface area contributed by atoms with Gasteiger partial charge in [0.05, 0.1) is 18.8 Å². The summed E-state index contributed by atoms with van der Waals surface area (Å²) < 4.78 is 16.3. The van der Waals surface area contributed by atoms with Gasteiger partial charge in [0.1, 0.15) is 0 Å². The molecule has 0 rings (SSSR count). The molecule has 4 nitrogen and oxygen atoms in total. The van der Waals surface area contributed by atoms with Crippen LogP contribution in [0.5, 0.6) is 0 Å². The molecule has 0 amide bonds. The van der Waals surface area contributed by atoms with E-state index in [1.807, 2.05) is 20.8 Å². The molecule has 0 aromatic heterocycles. The standard InChI is InChI=1S/C13H29NO3/c1-5-15-9-7-8-14-10-12(3)17-13(4)11-16-6-2/h12-14H,5-11H2,1-4H3. The van der Waals surface area contributed by atoms with Crippen LogP contribution in [0.1, 0.15) is 34.1 Å². The highest BCUT2D eigenvalue weighted by Crippen LogP contribution is 1.98. The Kier molecular flexibility index (Phi) is 12.2. The average molecular weight is 247 g/mol. The molecule has 17 heavy (non-hydrogen) atoms. The average Bonchev–Trinajstić information content (AvgIpc) is 2.31. The second kappa shape index (κ2) is 12.3. The molecule has 104 valence electrons. The van der Waals surface area contributed by atoms with Crippen LogP contribution in [0.15, 0.2) is 0 Å². The van der Waals surface area contributed by atoms with E-state index in [0.29, 0.717) is 6.61 Å². The summed E-state index contributed by atoms with van der Waals surface area (Å²) in [5, 5.41) is 3.36. The fraction of sp³-hybridized carbons (Fsp3) is 1.00. The highest BCUT2D eigenvalue weighted by atomic mass is 16.5. The number of nitrogens with one attached hydrogen (secondary N) is 1. The lowest BCUT2D eigenvalue weighted by atomic mass is 10.3. The molecule has 0 aromatic carbocycles. The van der Waals surface area contributed by atoms with Gasteiger partial charge in [0.2, 0.25) is 0 Å². The minimum absolute atomic E-state index is 0.162. The van der Waals surface area contributed by atoms with E-state index in [4.69, 9.17) is 14.2 Å². The Hall–Kier alpha value is -0.160. The predicted molar refractivity (Wildman–Crippen MR) is 70.5 cm³/mol. The monoisotopic (exact) mass is 247 g/mol. The van der Waals surface area contributed by atoms with E-state index in [9.17, 15) is 0 Å². The zero-order chi connectivity index (χ0) is 12.9. The molecular formula is C13H29NO3. The molecule has 0 spiro atoms. The van der Waals surface area contributed by atoms with E-state index >= 15 is 0 Å². The van der Waals surface area contributed by atoms with Crippen LogP contribution in [-0.4, -0.2) is 51.7 Å². The van der Waals surface area contributed by atoms with Crippen LogP contribution >= 0.6 is 0 Å². The van der Waals surface area contributed by atoms with Gasteiger partial charge >= 0.3 is 0 Å². The van der Waals surface area contributed by atoms with Crippen molar-refractivity contribution in [2.75, 3.05) is 39.5 Å². The van der Waals surface area contributed by atoms with Crippen molar-refractivity contribution < 1.29 is 14.2 Å². The smallest absolute Gasteiger partial charge is 0.0784 e. The van der Waals surface area contributed by atoms with E-state index < -0.39 is 0 Å². The Morgan fingerprint density at radius 3 is 2.35 bits per heavy atom. The summed E-state index contributed by atoms with van der Waals surface area (Å²) in [6, 6.07) is 0. The molecule has 2 atom stereocenters. The van der Waals surface area contributed by atoms with E-state index in [1.54, 1.807) is 0 Å². The summed E-state index contributed by atoms with van der Waals surface area (Å²) in [6.07, 6.45) is 1.43. The van der Waals surface area contributed by atoms with Gasteiger partial charge in [-0.2, -0.15) is 0 Å². The minimum atomic E-state index is 0.162. The molecule has 0 bridgehead atoms. The lowest BCUT2D eigenvalue weighted by Crippen LogP contribution is -2.32. The number of hydrogen-bond donors (Lipinski definition) is 1. The largest absolute Gasteiger partial charge is 0.382 e. The van der Waals surface area contributed by atoms with Gasteiger partial charge in [0.25, 0.3) is 0 Å². The van der Waals surface area contributed by atoms with Gasteiger partial charge in [-0.25, -0.2) is 0 Å². The Labute approximate surface area is 106 Å². The van der Waals surface area contributed by atoms with Gasteiger partial charge in [-0.15, -0.1) is 0 Å². The normalized spacial score (nSPS) is 14.8. The second-order valence-corrected chi connectivity index (χ2v) is 4.17. The fourth-order valence-electron chi connectivity index (χ4n) is 1.52. The zero-order valence-electron chi connectivity index (χ0n) is 11.8. The van der Waals surface area contributed by atoms with Crippen molar-refractivity contribution >= 4 is 0 Å². The molecule has 0 aliphatic carbocycles. The van der Waals surface area contributed by atoms with Crippen molar-refractivity contribution in [1.82, 2.24) is 5.32 Å². The summed E-state index contributed by atoms with van der Waals surface area (Å²) in [5.41, 5.74) is 0. The lowest BCUT2D eigenvalue weighted by Gasteiger charge is -2.19. The maximum absolute atomic E-state index is 5.76. The first-order valence-corrected chi connectivity index (χ1v) is 6.72. The predicted octanol–water partition coefficient (Wildman–Crippen LogP) is 1.83. The van der Waals surface area contributed by atoms with E-state index in [1.165, 1.54) is 0 Å². The molecule has 0 saturated heterocycles. The molecule has 0 radical (unpaired) electrons. The molecule has 1 N–H and O–H groups in total. The van der Waals surface area contributed by atoms with Gasteiger partial charge in [-0.05, 0) is 40.7 Å². The minimum Gasteiger partial charge on any atom is -0.382 e. The van der Waals surface area contributed by atoms with E-state index in [0.717, 1.165) is 39.3 Å². The van der Waals surface area contributed by atoms with Crippen LogP contribution in [0.4, 0.5) is 0 Å². The van der Waals surface area contributed by atoms with Gasteiger partial charge in [0, 0.05) is 26.4 Å². The third kappa shape index (κ3) is 12.1. The Balaban J connectivity index is 3.30. The van der Waals surface area contributed by atoms with Crippen molar-refractivity contribution in [3.8, 4) is 0 Å². The van der Waals surface area contributed by atoms with Crippen LogP contribution < -0.4 is 5.32 Å². The van der Waals surface area contributed by atoms with Gasteiger partial charge in [-0.3, -0.25) is 0 Å². The molecule has 0 aliphatic heterocycles. The summed E-state index contributed by atoms with van der Waals surface area (Å²) in [7, 11) is 0. The van der Waals surface area contributed by atoms with Gasteiger partial charge < -0.3 is 19.5 Å². The quantitative estimate of drug-likeness (QED) is 0.534. The second-order valence-electron chi connectivity index (χ2n) is 4.17. The molecule has 0 aromatic rings. The maximum Gasteiger partial charge on any atom is 0.0784 e. The third-order valence-electron chi connectivity index (χ3n) is 2.30. The fourth-order valence-corrected chi connectivity index (χ4v) is 1.52. The Morgan fingerprint density at radius 2 is 1.71 bits per heavy atom. The molecule has 0 saturated carbocycles. The van der Waals surface area contributed by atoms with Gasteiger partial charge in [0.15, 0.2) is 0 Å². The lowest BCUT2D eigenvalue weighted by molar-refractivity contribution is -0.0383. The highest BCUT2D eigenvalue weighted by molar-refractivity contribution is 4.58. The van der Waals surface area contributed by atoms with Crippen LogP contribution in [0.25, 0.3) is 0 Å². The van der Waals surface area contributed by atoms with Crippen molar-refractivity contribution in [2.24, 2.45) is 0 Å². The van der Waals surface area contributed by atoms with Crippen LogP contribution in [0, 0.1) is 0 Å². The third-order valence-corrected chi connectivity index (χ3v) is 2.30. The van der Waals surface area contributed by atoms with Crippen molar-refractivity contribution in [3.05, 3.63) is 0 Å². The van der Waals surface area contributed by atoms with Crippen LogP contribution in [0.2, 0.25) is 0 Å². The van der Waals surface area contributed by atoms with Gasteiger partial charge in [-0.1, -0.05) is 0 Å². The molecule has 2 unspecified atom stereocenters. The Morgan fingerprint density at radius 1 is 1.00 bits per heavy atom. The number of ether oxygens (including phenoxy) is 3. The first kappa shape index (κ1) is 16.8. The summed E-state index contributed by atoms with van der Waals surface area (Å²) in [6.45, 7) is 13.0. The topological polar surface area (TPSA) is 39.7 Å². The first-order chi connectivity index (χ1) is 8.20. The van der Waals surface area contributed by atoms with Crippen LogP contribution in [0.3, 0.4) is 0 Å². The summed E-state index contributed by atoms with van der Waals surface area (Å²) >= 11 is 0. The van der Waals surface area contributed by atoms with Crippen LogP contribution in [-0.2, 0) is 14.2 Å². The maximum atomic E-state index is 5.76. The van der Waals surface area contributed by atoms with E-state index in [2.05, 4.69) is 12.2 Å². The first-order valence-electron chi connectivity index (χ1n) is 6.72. The van der Waals surface area contributed by atoms with Crippen molar-refractivity contribution in [2.45, 2.75) is 46.3 Å². The highest BCUT2D eigenvalue weighted by Gasteiger charge is 2.07. The summed E-state index contributed by atoms with van der Waals surface area (Å²) in [4.78, 5) is 0. The molecule has 0 aliphatic rings.